The Balaban J connectivity index is 1.70. The van der Waals surface area contributed by atoms with E-state index in [1.165, 1.54) is 0 Å². The number of nitrogens with one attached hydrogen (secondary N) is 2. The fraction of sp³-hybridized carbons (Fsp3) is 0.467. The molecule has 6 heteroatoms. The van der Waals surface area contributed by atoms with Crippen LogP contribution in [0.25, 0.3) is 0 Å². The van der Waals surface area contributed by atoms with Crippen molar-refractivity contribution in [3.8, 4) is 0 Å². The van der Waals surface area contributed by atoms with Crippen LogP contribution < -0.4 is 16.4 Å². The Morgan fingerprint density at radius 3 is 3.05 bits per heavy atom. The third-order valence-electron chi connectivity index (χ3n) is 3.44. The molecule has 1 aromatic rings. The van der Waals surface area contributed by atoms with Crippen molar-refractivity contribution in [3.05, 3.63) is 29.8 Å². The lowest BCUT2D eigenvalue weighted by Gasteiger charge is -2.26. The maximum atomic E-state index is 11.9. The van der Waals surface area contributed by atoms with Gasteiger partial charge < -0.3 is 16.4 Å². The largest absolute Gasteiger partial charge is 0.354 e. The molecular formula is C15H22N4O2. The zero-order valence-corrected chi connectivity index (χ0v) is 12.1. The predicted octanol–water partition coefficient (Wildman–Crippen LogP) is 0.296. The van der Waals surface area contributed by atoms with Gasteiger partial charge in [0.2, 0.25) is 11.8 Å². The zero-order valence-electron chi connectivity index (χ0n) is 12.1. The monoisotopic (exact) mass is 290 g/mol. The summed E-state index contributed by atoms with van der Waals surface area (Å²) in [5.74, 6) is 0.0509. The van der Waals surface area contributed by atoms with Crippen molar-refractivity contribution in [1.29, 1.82) is 0 Å². The lowest BCUT2D eigenvalue weighted by Crippen LogP contribution is -2.47. The second-order valence-corrected chi connectivity index (χ2v) is 5.18. The maximum absolute atomic E-state index is 11.9. The van der Waals surface area contributed by atoms with Crippen LogP contribution in [0.15, 0.2) is 24.3 Å². The number of carbonyl (C=O) groups excluding carboxylic acids is 2. The highest BCUT2D eigenvalue weighted by molar-refractivity contribution is 5.90. The first kappa shape index (κ1) is 15.5. The summed E-state index contributed by atoms with van der Waals surface area (Å²) in [5, 5.41) is 5.66. The van der Waals surface area contributed by atoms with Gasteiger partial charge in [0, 0.05) is 31.7 Å². The van der Waals surface area contributed by atoms with E-state index in [9.17, 15) is 9.59 Å². The Labute approximate surface area is 124 Å². The number of rotatable bonds is 6. The minimum atomic E-state index is -0.00867. The Kier molecular flexibility index (Phi) is 5.71. The van der Waals surface area contributed by atoms with E-state index in [2.05, 4.69) is 15.5 Å². The van der Waals surface area contributed by atoms with Crippen molar-refractivity contribution in [2.24, 2.45) is 5.73 Å². The summed E-state index contributed by atoms with van der Waals surface area (Å²) in [4.78, 5) is 25.2. The van der Waals surface area contributed by atoms with E-state index in [0.717, 1.165) is 30.8 Å². The number of hydrogen-bond acceptors (Lipinski definition) is 4. The molecule has 1 aliphatic rings. The topological polar surface area (TPSA) is 87.5 Å². The first-order valence-corrected chi connectivity index (χ1v) is 7.25. The van der Waals surface area contributed by atoms with Crippen molar-refractivity contribution in [3.63, 3.8) is 0 Å². The summed E-state index contributed by atoms with van der Waals surface area (Å²) in [6.45, 7) is 3.20. The van der Waals surface area contributed by atoms with Crippen molar-refractivity contribution in [2.45, 2.75) is 19.4 Å². The molecule has 0 aliphatic carbocycles. The molecule has 2 rings (SSSR count). The fourth-order valence-corrected chi connectivity index (χ4v) is 2.35. The van der Waals surface area contributed by atoms with Crippen molar-refractivity contribution in [2.75, 3.05) is 31.5 Å². The number of hydrogen-bond donors (Lipinski definition) is 3. The van der Waals surface area contributed by atoms with Crippen LogP contribution in [0.3, 0.4) is 0 Å². The highest BCUT2D eigenvalue weighted by atomic mass is 16.2. The number of anilines is 1. The van der Waals surface area contributed by atoms with Crippen LogP contribution in [-0.4, -0.2) is 42.9 Å². The van der Waals surface area contributed by atoms with Crippen LogP contribution in [0.1, 0.15) is 18.4 Å². The molecule has 0 atom stereocenters. The van der Waals surface area contributed by atoms with Gasteiger partial charge in [0.15, 0.2) is 0 Å². The van der Waals surface area contributed by atoms with Gasteiger partial charge in [-0.1, -0.05) is 12.1 Å². The maximum Gasteiger partial charge on any atom is 0.234 e. The van der Waals surface area contributed by atoms with E-state index in [-0.39, 0.29) is 11.8 Å². The van der Waals surface area contributed by atoms with Gasteiger partial charge in [-0.2, -0.15) is 0 Å². The molecule has 1 aliphatic heterocycles. The molecule has 0 bridgehead atoms. The van der Waals surface area contributed by atoms with E-state index in [1.807, 2.05) is 24.3 Å². The average molecular weight is 290 g/mol. The van der Waals surface area contributed by atoms with Gasteiger partial charge in [-0.05, 0) is 30.7 Å². The van der Waals surface area contributed by atoms with Crippen LogP contribution in [0.2, 0.25) is 0 Å². The summed E-state index contributed by atoms with van der Waals surface area (Å²) in [6.07, 6.45) is 1.20. The van der Waals surface area contributed by atoms with Gasteiger partial charge in [-0.25, -0.2) is 0 Å². The van der Waals surface area contributed by atoms with E-state index < -0.39 is 0 Å². The lowest BCUT2D eigenvalue weighted by molar-refractivity contribution is -0.124. The number of piperazine rings is 1. The average Bonchev–Trinajstić information content (AvgIpc) is 2.47. The van der Waals surface area contributed by atoms with Crippen molar-refractivity contribution >= 4 is 17.5 Å². The first-order valence-electron chi connectivity index (χ1n) is 7.25. The van der Waals surface area contributed by atoms with E-state index >= 15 is 0 Å². The number of nitrogens with two attached hydrogens (primary N) is 1. The van der Waals surface area contributed by atoms with Gasteiger partial charge in [-0.15, -0.1) is 0 Å². The van der Waals surface area contributed by atoms with Crippen LogP contribution in [0.5, 0.6) is 0 Å². The lowest BCUT2D eigenvalue weighted by atomic mass is 10.2. The standard InChI is InChI=1S/C15H22N4O2/c16-10-12-3-1-4-13(9-12)18-14(20)5-2-7-19-8-6-17-15(21)11-19/h1,3-4,9H,2,5-8,10-11,16H2,(H,17,21)(H,18,20). The van der Waals surface area contributed by atoms with Crippen LogP contribution >= 0.6 is 0 Å². The molecule has 0 aromatic heterocycles. The van der Waals surface area contributed by atoms with Gasteiger partial charge in [-0.3, -0.25) is 14.5 Å². The molecular weight excluding hydrogens is 268 g/mol. The molecule has 4 N–H and O–H groups in total. The van der Waals surface area contributed by atoms with E-state index in [4.69, 9.17) is 5.73 Å². The van der Waals surface area contributed by atoms with Crippen LogP contribution in [0.4, 0.5) is 5.69 Å². The third-order valence-corrected chi connectivity index (χ3v) is 3.44. The molecule has 1 fully saturated rings. The SMILES string of the molecule is NCc1cccc(NC(=O)CCCN2CCNC(=O)C2)c1. The zero-order chi connectivity index (χ0) is 15.1. The number of carbonyl (C=O) groups is 2. The highest BCUT2D eigenvalue weighted by Gasteiger charge is 2.15. The summed E-state index contributed by atoms with van der Waals surface area (Å²) in [6, 6.07) is 7.54. The molecule has 0 unspecified atom stereocenters. The summed E-state index contributed by atoms with van der Waals surface area (Å²) >= 11 is 0. The molecule has 114 valence electrons. The Morgan fingerprint density at radius 1 is 1.43 bits per heavy atom. The number of benzene rings is 1. The quantitative estimate of drug-likeness (QED) is 0.703. The van der Waals surface area contributed by atoms with Crippen LogP contribution in [0, 0.1) is 0 Å². The third kappa shape index (κ3) is 5.17. The second kappa shape index (κ2) is 7.75. The van der Waals surface area contributed by atoms with Crippen molar-refractivity contribution in [1.82, 2.24) is 10.2 Å². The Morgan fingerprint density at radius 2 is 2.29 bits per heavy atom. The van der Waals surface area contributed by atoms with Gasteiger partial charge in [0.05, 0.1) is 6.54 Å². The second-order valence-electron chi connectivity index (χ2n) is 5.18. The minimum absolute atomic E-state index is 0.00867. The van der Waals surface area contributed by atoms with E-state index in [1.54, 1.807) is 0 Å². The Hall–Kier alpha value is -1.92. The molecule has 1 saturated heterocycles. The number of nitrogens with zero attached hydrogens (tertiary/aromatic N) is 1. The first-order chi connectivity index (χ1) is 10.2. The minimum Gasteiger partial charge on any atom is -0.354 e. The number of amides is 2. The van der Waals surface area contributed by atoms with Gasteiger partial charge in [0.25, 0.3) is 0 Å². The van der Waals surface area contributed by atoms with Gasteiger partial charge in [0.1, 0.15) is 0 Å². The summed E-state index contributed by atoms with van der Waals surface area (Å²) < 4.78 is 0. The smallest absolute Gasteiger partial charge is 0.234 e. The van der Waals surface area contributed by atoms with Crippen LogP contribution in [-0.2, 0) is 16.1 Å². The molecule has 0 radical (unpaired) electrons. The molecule has 1 heterocycles. The van der Waals surface area contributed by atoms with E-state index in [0.29, 0.717) is 26.1 Å². The fourth-order valence-electron chi connectivity index (χ4n) is 2.35. The Bertz CT molecular complexity index is 504. The normalized spacial score (nSPS) is 15.6. The molecule has 0 saturated carbocycles. The molecule has 21 heavy (non-hydrogen) atoms. The molecule has 1 aromatic carbocycles. The summed E-state index contributed by atoms with van der Waals surface area (Å²) in [7, 11) is 0. The predicted molar refractivity (Wildman–Crippen MR) is 81.6 cm³/mol. The van der Waals surface area contributed by atoms with Gasteiger partial charge >= 0.3 is 0 Å². The molecule has 2 amide bonds. The van der Waals surface area contributed by atoms with Crippen molar-refractivity contribution < 1.29 is 9.59 Å². The summed E-state index contributed by atoms with van der Waals surface area (Å²) in [5.41, 5.74) is 7.34. The highest BCUT2D eigenvalue weighted by Crippen LogP contribution is 2.11. The molecule has 0 spiro atoms. The molecule has 6 nitrogen and oxygen atoms in total.